The van der Waals surface area contributed by atoms with Gasteiger partial charge in [0.05, 0.1) is 25.8 Å². The van der Waals surface area contributed by atoms with Crippen LogP contribution in [0.4, 0.5) is 0 Å². The maximum absolute atomic E-state index is 11.9. The van der Waals surface area contributed by atoms with Crippen molar-refractivity contribution in [3.05, 3.63) is 22.4 Å². The zero-order chi connectivity index (χ0) is 13.5. The molecule has 1 amide bonds. The Balaban J connectivity index is 1.69. The summed E-state index contributed by atoms with van der Waals surface area (Å²) in [7, 11) is 1.91. The van der Waals surface area contributed by atoms with Crippen molar-refractivity contribution in [2.45, 2.75) is 12.6 Å². The molecule has 0 aromatic carbocycles. The molecule has 0 bridgehead atoms. The molecule has 2 rings (SSSR count). The highest BCUT2D eigenvalue weighted by atomic mass is 32.1. The van der Waals surface area contributed by atoms with Gasteiger partial charge < -0.3 is 15.4 Å². The fourth-order valence-electron chi connectivity index (χ4n) is 2.13. The summed E-state index contributed by atoms with van der Waals surface area (Å²) in [4.78, 5) is 15.2. The standard InChI is InChI=1S/C13H21N3O2S/c1-14-7-11-9-16(4-5-18-11)10-13(17)15-8-12-3-2-6-19-12/h2-3,6,11,14H,4-5,7-10H2,1H3,(H,15,17). The zero-order valence-electron chi connectivity index (χ0n) is 11.2. The van der Waals surface area contributed by atoms with Crippen LogP contribution >= 0.6 is 11.3 Å². The van der Waals surface area contributed by atoms with Crippen LogP contribution in [-0.4, -0.2) is 56.7 Å². The van der Waals surface area contributed by atoms with E-state index in [2.05, 4.69) is 15.5 Å². The molecule has 19 heavy (non-hydrogen) atoms. The quantitative estimate of drug-likeness (QED) is 0.788. The number of carbonyl (C=O) groups is 1. The third-order valence-corrected chi connectivity index (χ3v) is 3.94. The van der Waals surface area contributed by atoms with Gasteiger partial charge in [-0.25, -0.2) is 0 Å². The largest absolute Gasteiger partial charge is 0.374 e. The van der Waals surface area contributed by atoms with Gasteiger partial charge in [0.1, 0.15) is 0 Å². The second kappa shape index (κ2) is 7.59. The Bertz CT molecular complexity index is 381. The van der Waals surface area contributed by atoms with Crippen LogP contribution in [-0.2, 0) is 16.1 Å². The van der Waals surface area contributed by atoms with Crippen LogP contribution in [0.15, 0.2) is 17.5 Å². The lowest BCUT2D eigenvalue weighted by molar-refractivity contribution is -0.124. The van der Waals surface area contributed by atoms with Crippen LogP contribution in [0.3, 0.4) is 0 Å². The summed E-state index contributed by atoms with van der Waals surface area (Å²) in [5, 5.41) is 8.08. The molecule has 1 aliphatic rings. The number of rotatable bonds is 6. The minimum absolute atomic E-state index is 0.0820. The smallest absolute Gasteiger partial charge is 0.234 e. The summed E-state index contributed by atoms with van der Waals surface area (Å²) in [5.74, 6) is 0.0820. The first-order valence-corrected chi connectivity index (χ1v) is 7.43. The molecule has 1 saturated heterocycles. The highest BCUT2D eigenvalue weighted by molar-refractivity contribution is 7.09. The molecule has 2 N–H and O–H groups in total. The Morgan fingerprint density at radius 1 is 1.63 bits per heavy atom. The molecule has 5 nitrogen and oxygen atoms in total. The van der Waals surface area contributed by atoms with E-state index in [0.29, 0.717) is 19.7 Å². The van der Waals surface area contributed by atoms with E-state index in [1.165, 1.54) is 4.88 Å². The zero-order valence-corrected chi connectivity index (χ0v) is 12.0. The average molecular weight is 283 g/mol. The number of ether oxygens (including phenoxy) is 1. The number of carbonyl (C=O) groups excluding carboxylic acids is 1. The van der Waals surface area contributed by atoms with E-state index < -0.39 is 0 Å². The minimum Gasteiger partial charge on any atom is -0.374 e. The fraction of sp³-hybridized carbons (Fsp3) is 0.615. The Morgan fingerprint density at radius 2 is 2.53 bits per heavy atom. The van der Waals surface area contributed by atoms with Gasteiger partial charge in [-0.2, -0.15) is 0 Å². The van der Waals surface area contributed by atoms with Crippen molar-refractivity contribution in [3.8, 4) is 0 Å². The lowest BCUT2D eigenvalue weighted by atomic mass is 10.2. The second-order valence-corrected chi connectivity index (χ2v) is 5.67. The Labute approximate surface area is 117 Å². The third kappa shape index (κ3) is 4.91. The summed E-state index contributed by atoms with van der Waals surface area (Å²) in [6, 6.07) is 4.03. The van der Waals surface area contributed by atoms with Crippen molar-refractivity contribution in [1.82, 2.24) is 15.5 Å². The molecule has 0 aliphatic carbocycles. The van der Waals surface area contributed by atoms with Gasteiger partial charge in [-0.1, -0.05) is 6.07 Å². The van der Waals surface area contributed by atoms with Gasteiger partial charge in [0.25, 0.3) is 0 Å². The number of hydrogen-bond acceptors (Lipinski definition) is 5. The van der Waals surface area contributed by atoms with Gasteiger partial charge in [-0.05, 0) is 18.5 Å². The van der Waals surface area contributed by atoms with Crippen molar-refractivity contribution in [2.24, 2.45) is 0 Å². The maximum atomic E-state index is 11.9. The molecule has 6 heteroatoms. The van der Waals surface area contributed by atoms with E-state index in [1.54, 1.807) is 11.3 Å². The second-order valence-electron chi connectivity index (χ2n) is 4.64. The maximum Gasteiger partial charge on any atom is 0.234 e. The number of morpholine rings is 1. The number of nitrogens with zero attached hydrogens (tertiary/aromatic N) is 1. The van der Waals surface area contributed by atoms with E-state index >= 15 is 0 Å². The third-order valence-electron chi connectivity index (χ3n) is 3.06. The lowest BCUT2D eigenvalue weighted by Gasteiger charge is -2.32. The molecule has 0 saturated carbocycles. The van der Waals surface area contributed by atoms with Crippen LogP contribution in [0.5, 0.6) is 0 Å². The Morgan fingerprint density at radius 3 is 3.26 bits per heavy atom. The molecule has 1 unspecified atom stereocenters. The molecule has 0 radical (unpaired) electrons. The van der Waals surface area contributed by atoms with Crippen molar-refractivity contribution in [2.75, 3.05) is 39.8 Å². The van der Waals surface area contributed by atoms with Crippen molar-refractivity contribution in [3.63, 3.8) is 0 Å². The van der Waals surface area contributed by atoms with Gasteiger partial charge in [0, 0.05) is 24.5 Å². The topological polar surface area (TPSA) is 53.6 Å². The number of hydrogen-bond donors (Lipinski definition) is 2. The van der Waals surface area contributed by atoms with E-state index in [0.717, 1.165) is 19.6 Å². The molecule has 1 fully saturated rings. The van der Waals surface area contributed by atoms with Crippen molar-refractivity contribution < 1.29 is 9.53 Å². The summed E-state index contributed by atoms with van der Waals surface area (Å²) in [5.41, 5.74) is 0. The SMILES string of the molecule is CNCC1CN(CC(=O)NCc2cccs2)CCO1. The number of amides is 1. The van der Waals surface area contributed by atoms with Gasteiger partial charge in [-0.15, -0.1) is 11.3 Å². The molecular formula is C13H21N3O2S. The first-order valence-electron chi connectivity index (χ1n) is 6.55. The first kappa shape index (κ1) is 14.5. The van der Waals surface area contributed by atoms with Crippen LogP contribution in [0, 0.1) is 0 Å². The molecule has 0 spiro atoms. The number of nitrogens with one attached hydrogen (secondary N) is 2. The summed E-state index contributed by atoms with van der Waals surface area (Å²) in [6.07, 6.45) is 0.184. The normalized spacial score (nSPS) is 20.4. The number of likely N-dealkylation sites (N-methyl/N-ethyl adjacent to an activating group) is 1. The van der Waals surface area contributed by atoms with Crippen LogP contribution in [0.2, 0.25) is 0 Å². The Hall–Kier alpha value is -0.950. The molecule has 106 valence electrons. The predicted molar refractivity (Wildman–Crippen MR) is 76.3 cm³/mol. The van der Waals surface area contributed by atoms with Crippen LogP contribution in [0.25, 0.3) is 0 Å². The molecule has 2 heterocycles. The molecular weight excluding hydrogens is 262 g/mol. The van der Waals surface area contributed by atoms with Gasteiger partial charge in [0.15, 0.2) is 0 Å². The average Bonchev–Trinajstić information content (AvgIpc) is 2.90. The monoisotopic (exact) mass is 283 g/mol. The Kier molecular flexibility index (Phi) is 5.78. The van der Waals surface area contributed by atoms with Gasteiger partial charge in [-0.3, -0.25) is 9.69 Å². The first-order chi connectivity index (χ1) is 9.28. The molecule has 1 atom stereocenters. The van der Waals surface area contributed by atoms with Crippen LogP contribution < -0.4 is 10.6 Å². The highest BCUT2D eigenvalue weighted by Gasteiger charge is 2.21. The molecule has 1 aliphatic heterocycles. The number of thiophene rings is 1. The lowest BCUT2D eigenvalue weighted by Crippen LogP contribution is -2.49. The van der Waals surface area contributed by atoms with Crippen molar-refractivity contribution in [1.29, 1.82) is 0 Å². The van der Waals surface area contributed by atoms with E-state index in [-0.39, 0.29) is 12.0 Å². The fourth-order valence-corrected chi connectivity index (χ4v) is 2.78. The molecule has 1 aromatic rings. The van der Waals surface area contributed by atoms with E-state index in [9.17, 15) is 4.79 Å². The molecule has 1 aromatic heterocycles. The van der Waals surface area contributed by atoms with Gasteiger partial charge >= 0.3 is 0 Å². The van der Waals surface area contributed by atoms with Gasteiger partial charge in [0.2, 0.25) is 5.91 Å². The van der Waals surface area contributed by atoms with Crippen LogP contribution in [0.1, 0.15) is 4.88 Å². The summed E-state index contributed by atoms with van der Waals surface area (Å²) in [6.45, 7) is 4.24. The highest BCUT2D eigenvalue weighted by Crippen LogP contribution is 2.07. The predicted octanol–water partition coefficient (Wildman–Crippen LogP) is 0.285. The summed E-state index contributed by atoms with van der Waals surface area (Å²) < 4.78 is 5.61. The van der Waals surface area contributed by atoms with E-state index in [1.807, 2.05) is 24.6 Å². The minimum atomic E-state index is 0.0820. The summed E-state index contributed by atoms with van der Waals surface area (Å²) >= 11 is 1.66. The van der Waals surface area contributed by atoms with Crippen molar-refractivity contribution >= 4 is 17.2 Å². The van der Waals surface area contributed by atoms with E-state index in [4.69, 9.17) is 4.74 Å².